The van der Waals surface area contributed by atoms with E-state index in [1.165, 1.54) is 0 Å². The fourth-order valence-electron chi connectivity index (χ4n) is 1.81. The Kier molecular flexibility index (Phi) is 4.53. The normalized spacial score (nSPS) is 12.0. The van der Waals surface area contributed by atoms with E-state index in [9.17, 15) is 18.0 Å². The van der Waals surface area contributed by atoms with Crippen LogP contribution in [-0.2, 0) is 0 Å². The zero-order chi connectivity index (χ0) is 15.6. The van der Waals surface area contributed by atoms with Gasteiger partial charge in [-0.1, -0.05) is 23.7 Å². The van der Waals surface area contributed by atoms with E-state index in [0.717, 1.165) is 11.6 Å². The second-order valence-corrected chi connectivity index (χ2v) is 4.91. The van der Waals surface area contributed by atoms with Crippen LogP contribution in [-0.4, -0.2) is 5.91 Å². The molecule has 0 radical (unpaired) electrons. The number of carbonyl (C=O) groups is 1. The average Bonchev–Trinajstić information content (AvgIpc) is 2.45. The average molecular weight is 314 g/mol. The molecular weight excluding hydrogens is 303 g/mol. The summed E-state index contributed by atoms with van der Waals surface area (Å²) >= 11 is 5.76. The number of carbonyl (C=O) groups excluding carboxylic acids is 1. The Morgan fingerprint density at radius 1 is 1.05 bits per heavy atom. The molecule has 0 spiro atoms. The highest BCUT2D eigenvalue weighted by Crippen LogP contribution is 2.19. The molecule has 1 N–H and O–H groups in total. The first kappa shape index (κ1) is 15.4. The third-order valence-corrected chi connectivity index (χ3v) is 3.25. The maximum absolute atomic E-state index is 13.5. The number of hydrogen-bond acceptors (Lipinski definition) is 1. The Hall–Kier alpha value is -2.01. The number of benzene rings is 2. The van der Waals surface area contributed by atoms with Crippen molar-refractivity contribution in [2.75, 3.05) is 0 Å². The predicted octanol–water partition coefficient (Wildman–Crippen LogP) is 4.25. The largest absolute Gasteiger partial charge is 0.345 e. The van der Waals surface area contributed by atoms with Crippen LogP contribution in [0.25, 0.3) is 0 Å². The van der Waals surface area contributed by atoms with Crippen molar-refractivity contribution in [2.45, 2.75) is 13.0 Å². The van der Waals surface area contributed by atoms with Gasteiger partial charge in [0, 0.05) is 5.02 Å². The Morgan fingerprint density at radius 2 is 1.67 bits per heavy atom. The molecule has 0 saturated heterocycles. The van der Waals surface area contributed by atoms with Crippen LogP contribution in [0.15, 0.2) is 36.4 Å². The van der Waals surface area contributed by atoms with Gasteiger partial charge in [-0.15, -0.1) is 0 Å². The summed E-state index contributed by atoms with van der Waals surface area (Å²) in [4.78, 5) is 11.9. The van der Waals surface area contributed by atoms with Crippen molar-refractivity contribution in [3.63, 3.8) is 0 Å². The van der Waals surface area contributed by atoms with Crippen molar-refractivity contribution in [3.8, 4) is 0 Å². The van der Waals surface area contributed by atoms with Gasteiger partial charge in [0.1, 0.15) is 0 Å². The molecule has 0 aliphatic rings. The van der Waals surface area contributed by atoms with Crippen LogP contribution >= 0.6 is 11.6 Å². The van der Waals surface area contributed by atoms with Gasteiger partial charge in [0.25, 0.3) is 5.91 Å². The lowest BCUT2D eigenvalue weighted by molar-refractivity contribution is 0.0934. The lowest BCUT2D eigenvalue weighted by atomic mass is 10.1. The van der Waals surface area contributed by atoms with Gasteiger partial charge in [-0.2, -0.15) is 0 Å². The Bertz CT molecular complexity index is 673. The van der Waals surface area contributed by atoms with Gasteiger partial charge in [-0.3, -0.25) is 4.79 Å². The summed E-state index contributed by atoms with van der Waals surface area (Å²) in [5.41, 5.74) is 0.199. The van der Waals surface area contributed by atoms with Crippen molar-refractivity contribution in [1.82, 2.24) is 5.32 Å². The van der Waals surface area contributed by atoms with Crippen molar-refractivity contribution in [2.24, 2.45) is 0 Å². The number of halogens is 4. The van der Waals surface area contributed by atoms with Gasteiger partial charge >= 0.3 is 0 Å². The van der Waals surface area contributed by atoms with Gasteiger partial charge in [0.2, 0.25) is 0 Å². The molecular formula is C15H11ClF3NO. The van der Waals surface area contributed by atoms with Crippen LogP contribution in [0.5, 0.6) is 0 Å². The van der Waals surface area contributed by atoms with Crippen LogP contribution in [0.3, 0.4) is 0 Å². The van der Waals surface area contributed by atoms with Crippen LogP contribution < -0.4 is 5.32 Å². The Morgan fingerprint density at radius 3 is 2.29 bits per heavy atom. The minimum absolute atomic E-state index is 0.442. The van der Waals surface area contributed by atoms with E-state index in [-0.39, 0.29) is 0 Å². The molecule has 1 amide bonds. The summed E-state index contributed by atoms with van der Waals surface area (Å²) in [6.07, 6.45) is 0. The van der Waals surface area contributed by atoms with Crippen LogP contribution in [0.1, 0.15) is 28.9 Å². The summed E-state index contributed by atoms with van der Waals surface area (Å²) in [6, 6.07) is 7.87. The van der Waals surface area contributed by atoms with Gasteiger partial charge in [-0.05, 0) is 36.8 Å². The van der Waals surface area contributed by atoms with Crippen molar-refractivity contribution in [1.29, 1.82) is 0 Å². The van der Waals surface area contributed by atoms with E-state index >= 15 is 0 Å². The van der Waals surface area contributed by atoms with Gasteiger partial charge in [0.05, 0.1) is 11.6 Å². The maximum atomic E-state index is 13.5. The van der Waals surface area contributed by atoms with Crippen LogP contribution in [0.2, 0.25) is 5.02 Å². The number of hydrogen-bond donors (Lipinski definition) is 1. The van der Waals surface area contributed by atoms with E-state index in [1.807, 2.05) is 0 Å². The Balaban J connectivity index is 2.18. The van der Waals surface area contributed by atoms with Crippen molar-refractivity contribution < 1.29 is 18.0 Å². The van der Waals surface area contributed by atoms with Gasteiger partial charge < -0.3 is 5.32 Å². The quantitative estimate of drug-likeness (QED) is 0.843. The molecule has 21 heavy (non-hydrogen) atoms. The third-order valence-electron chi connectivity index (χ3n) is 3.00. The fraction of sp³-hybridized carbons (Fsp3) is 0.133. The first-order valence-electron chi connectivity index (χ1n) is 6.10. The molecule has 2 nitrogen and oxygen atoms in total. The molecule has 2 aromatic carbocycles. The highest BCUT2D eigenvalue weighted by molar-refractivity contribution is 6.30. The molecule has 1 atom stereocenters. The second-order valence-electron chi connectivity index (χ2n) is 4.47. The molecule has 0 saturated carbocycles. The molecule has 0 heterocycles. The number of rotatable bonds is 3. The molecule has 0 fully saturated rings. The molecule has 0 aliphatic carbocycles. The van der Waals surface area contributed by atoms with Crippen molar-refractivity contribution in [3.05, 3.63) is 70.0 Å². The molecule has 1 unspecified atom stereocenters. The van der Waals surface area contributed by atoms with Crippen molar-refractivity contribution >= 4 is 17.5 Å². The molecule has 110 valence electrons. The molecule has 2 rings (SSSR count). The minimum atomic E-state index is -1.67. The summed E-state index contributed by atoms with van der Waals surface area (Å²) in [7, 11) is 0. The van der Waals surface area contributed by atoms with E-state index in [0.29, 0.717) is 11.1 Å². The lowest BCUT2D eigenvalue weighted by Gasteiger charge is -2.15. The summed E-state index contributed by atoms with van der Waals surface area (Å²) in [5.74, 6) is -5.33. The van der Waals surface area contributed by atoms with E-state index in [2.05, 4.69) is 5.32 Å². The first-order chi connectivity index (χ1) is 9.90. The predicted molar refractivity (Wildman–Crippen MR) is 73.6 cm³/mol. The minimum Gasteiger partial charge on any atom is -0.345 e. The maximum Gasteiger partial charge on any atom is 0.254 e. The van der Waals surface area contributed by atoms with E-state index < -0.39 is 35.0 Å². The zero-order valence-electron chi connectivity index (χ0n) is 11.0. The van der Waals surface area contributed by atoms with Crippen LogP contribution in [0, 0.1) is 17.5 Å². The van der Waals surface area contributed by atoms with Gasteiger partial charge in [-0.25, -0.2) is 13.2 Å². The third kappa shape index (κ3) is 3.36. The topological polar surface area (TPSA) is 29.1 Å². The number of nitrogens with one attached hydrogen (secondary N) is 1. The number of amides is 1. The fourth-order valence-corrected chi connectivity index (χ4v) is 1.94. The van der Waals surface area contributed by atoms with Gasteiger partial charge in [0.15, 0.2) is 17.5 Å². The Labute approximate surface area is 124 Å². The van der Waals surface area contributed by atoms with E-state index in [1.54, 1.807) is 31.2 Å². The monoisotopic (exact) mass is 313 g/mol. The summed E-state index contributed by atoms with van der Waals surface area (Å²) in [6.45, 7) is 1.68. The zero-order valence-corrected chi connectivity index (χ0v) is 11.7. The molecule has 0 aromatic heterocycles. The lowest BCUT2D eigenvalue weighted by Crippen LogP contribution is -2.27. The highest BCUT2D eigenvalue weighted by atomic mass is 35.5. The summed E-state index contributed by atoms with van der Waals surface area (Å²) in [5, 5.41) is 3.05. The summed E-state index contributed by atoms with van der Waals surface area (Å²) < 4.78 is 39.5. The first-order valence-corrected chi connectivity index (χ1v) is 6.47. The smallest absolute Gasteiger partial charge is 0.254 e. The van der Waals surface area contributed by atoms with Crippen LogP contribution in [0.4, 0.5) is 13.2 Å². The second kappa shape index (κ2) is 6.18. The standard InChI is InChI=1S/C15H11ClF3NO/c1-8(9-2-4-10(16)5-3-9)20-15(21)11-6-7-12(17)14(19)13(11)18/h2-8H,1H3,(H,20,21). The molecule has 2 aromatic rings. The highest BCUT2D eigenvalue weighted by Gasteiger charge is 2.20. The van der Waals surface area contributed by atoms with E-state index in [4.69, 9.17) is 11.6 Å². The molecule has 0 aliphatic heterocycles. The molecule has 0 bridgehead atoms. The SMILES string of the molecule is CC(NC(=O)c1ccc(F)c(F)c1F)c1ccc(Cl)cc1. The molecule has 6 heteroatoms.